The van der Waals surface area contributed by atoms with Gasteiger partial charge in [0.05, 0.1) is 10.7 Å². The largest absolute Gasteiger partial charge is 0.356 e. The summed E-state index contributed by atoms with van der Waals surface area (Å²) in [4.78, 5) is 24.3. The fourth-order valence-electron chi connectivity index (χ4n) is 2.86. The van der Waals surface area contributed by atoms with Gasteiger partial charge in [-0.25, -0.2) is 9.97 Å². The molecule has 1 fully saturated rings. The first-order chi connectivity index (χ1) is 11.2. The molecule has 0 saturated carbocycles. The molecule has 3 heterocycles. The quantitative estimate of drug-likeness (QED) is 0.936. The molecule has 2 aromatic rings. The minimum Gasteiger partial charge on any atom is -0.356 e. The monoisotopic (exact) mass is 330 g/mol. The topological polar surface area (TPSA) is 58.1 Å². The van der Waals surface area contributed by atoms with Crippen molar-refractivity contribution in [2.75, 3.05) is 18.0 Å². The van der Waals surface area contributed by atoms with Crippen LogP contribution < -0.4 is 10.2 Å². The van der Waals surface area contributed by atoms with E-state index in [2.05, 4.69) is 27.1 Å². The Morgan fingerprint density at radius 2 is 2.17 bits per heavy atom. The van der Waals surface area contributed by atoms with Crippen LogP contribution in [0.3, 0.4) is 0 Å². The number of carbonyl (C=O) groups excluding carboxylic acids is 1. The number of piperidine rings is 1. The number of amides is 1. The second-order valence-electron chi connectivity index (χ2n) is 5.80. The Bertz CT molecular complexity index is 662. The van der Waals surface area contributed by atoms with E-state index in [9.17, 15) is 4.79 Å². The average molecular weight is 330 g/mol. The van der Waals surface area contributed by atoms with Gasteiger partial charge in [0.25, 0.3) is 5.91 Å². The van der Waals surface area contributed by atoms with Gasteiger partial charge in [0.2, 0.25) is 0 Å². The SMILES string of the molecule is CCc1nc(C)c(C(=O)NC2CCN(c3ccccn3)CC2)s1. The van der Waals surface area contributed by atoms with Crippen LogP contribution in [-0.4, -0.2) is 35.0 Å². The summed E-state index contributed by atoms with van der Waals surface area (Å²) in [5.41, 5.74) is 0.843. The molecule has 0 aromatic carbocycles. The molecule has 1 N–H and O–H groups in total. The number of rotatable bonds is 4. The highest BCUT2D eigenvalue weighted by Gasteiger charge is 2.23. The van der Waals surface area contributed by atoms with E-state index in [-0.39, 0.29) is 11.9 Å². The summed E-state index contributed by atoms with van der Waals surface area (Å²) in [5, 5.41) is 4.20. The molecular weight excluding hydrogens is 308 g/mol. The highest BCUT2D eigenvalue weighted by molar-refractivity contribution is 7.13. The lowest BCUT2D eigenvalue weighted by molar-refractivity contribution is 0.0934. The summed E-state index contributed by atoms with van der Waals surface area (Å²) in [7, 11) is 0. The zero-order chi connectivity index (χ0) is 16.2. The third kappa shape index (κ3) is 3.69. The van der Waals surface area contributed by atoms with Crippen LogP contribution in [0.25, 0.3) is 0 Å². The molecule has 5 nitrogen and oxygen atoms in total. The normalized spacial score (nSPS) is 15.7. The minimum atomic E-state index is 0.0241. The Morgan fingerprint density at radius 3 is 2.78 bits per heavy atom. The maximum Gasteiger partial charge on any atom is 0.263 e. The van der Waals surface area contributed by atoms with Crippen LogP contribution in [-0.2, 0) is 6.42 Å². The first-order valence-electron chi connectivity index (χ1n) is 8.10. The zero-order valence-corrected chi connectivity index (χ0v) is 14.4. The molecular formula is C17H22N4OS. The molecule has 0 bridgehead atoms. The Balaban J connectivity index is 1.56. The van der Waals surface area contributed by atoms with Gasteiger partial charge in [-0.3, -0.25) is 4.79 Å². The second-order valence-corrected chi connectivity index (χ2v) is 6.88. The summed E-state index contributed by atoms with van der Waals surface area (Å²) >= 11 is 1.51. The maximum atomic E-state index is 12.4. The number of hydrogen-bond donors (Lipinski definition) is 1. The highest BCUT2D eigenvalue weighted by atomic mass is 32.1. The first kappa shape index (κ1) is 15.9. The number of anilines is 1. The smallest absolute Gasteiger partial charge is 0.263 e. The molecule has 2 aromatic heterocycles. The second kappa shape index (κ2) is 7.08. The van der Waals surface area contributed by atoms with E-state index in [0.29, 0.717) is 0 Å². The Labute approximate surface area is 140 Å². The van der Waals surface area contributed by atoms with Gasteiger partial charge in [-0.05, 0) is 38.3 Å². The van der Waals surface area contributed by atoms with Gasteiger partial charge in [-0.1, -0.05) is 13.0 Å². The molecule has 0 atom stereocenters. The lowest BCUT2D eigenvalue weighted by atomic mass is 10.0. The molecule has 1 aliphatic heterocycles. The van der Waals surface area contributed by atoms with Crippen LogP contribution in [0.5, 0.6) is 0 Å². The number of hydrogen-bond acceptors (Lipinski definition) is 5. The van der Waals surface area contributed by atoms with E-state index in [0.717, 1.165) is 53.7 Å². The van der Waals surface area contributed by atoms with Crippen LogP contribution in [0.4, 0.5) is 5.82 Å². The number of pyridine rings is 1. The number of nitrogens with zero attached hydrogens (tertiary/aromatic N) is 3. The summed E-state index contributed by atoms with van der Waals surface area (Å²) in [6.45, 7) is 5.81. The zero-order valence-electron chi connectivity index (χ0n) is 13.6. The molecule has 0 aliphatic carbocycles. The van der Waals surface area contributed by atoms with Crippen molar-refractivity contribution in [3.8, 4) is 0 Å². The standard InChI is InChI=1S/C17H22N4OS/c1-3-15-19-12(2)16(23-15)17(22)20-13-7-10-21(11-8-13)14-6-4-5-9-18-14/h4-6,9,13H,3,7-8,10-11H2,1-2H3,(H,20,22). The molecule has 3 rings (SSSR count). The lowest BCUT2D eigenvalue weighted by Crippen LogP contribution is -2.44. The predicted octanol–water partition coefficient (Wildman–Crippen LogP) is 2.81. The number of aryl methyl sites for hydroxylation is 2. The summed E-state index contributed by atoms with van der Waals surface area (Å²) in [6.07, 6.45) is 4.59. The van der Waals surface area contributed by atoms with Crippen molar-refractivity contribution in [1.29, 1.82) is 0 Å². The van der Waals surface area contributed by atoms with Gasteiger partial charge < -0.3 is 10.2 Å². The molecule has 0 unspecified atom stereocenters. The van der Waals surface area contributed by atoms with Crippen molar-refractivity contribution in [3.63, 3.8) is 0 Å². The number of aromatic nitrogens is 2. The highest BCUT2D eigenvalue weighted by Crippen LogP contribution is 2.21. The van der Waals surface area contributed by atoms with E-state index >= 15 is 0 Å². The Morgan fingerprint density at radius 1 is 1.39 bits per heavy atom. The summed E-state index contributed by atoms with van der Waals surface area (Å²) in [5.74, 6) is 1.04. The lowest BCUT2D eigenvalue weighted by Gasteiger charge is -2.33. The third-order valence-corrected chi connectivity index (χ3v) is 5.45. The van der Waals surface area contributed by atoms with Crippen LogP contribution in [0.1, 0.15) is 40.1 Å². The Hall–Kier alpha value is -1.95. The van der Waals surface area contributed by atoms with Gasteiger partial charge in [-0.15, -0.1) is 11.3 Å². The van der Waals surface area contributed by atoms with Crippen molar-refractivity contribution in [3.05, 3.63) is 40.0 Å². The van der Waals surface area contributed by atoms with Crippen LogP contribution >= 0.6 is 11.3 Å². The molecule has 1 aliphatic rings. The predicted molar refractivity (Wildman–Crippen MR) is 93.2 cm³/mol. The van der Waals surface area contributed by atoms with Crippen molar-refractivity contribution in [2.24, 2.45) is 0 Å². The van der Waals surface area contributed by atoms with E-state index in [4.69, 9.17) is 0 Å². The van der Waals surface area contributed by atoms with Crippen LogP contribution in [0.15, 0.2) is 24.4 Å². The van der Waals surface area contributed by atoms with E-state index in [1.165, 1.54) is 11.3 Å². The van der Waals surface area contributed by atoms with E-state index in [1.54, 1.807) is 0 Å². The van der Waals surface area contributed by atoms with Gasteiger partial charge >= 0.3 is 0 Å². The van der Waals surface area contributed by atoms with E-state index < -0.39 is 0 Å². The number of nitrogens with one attached hydrogen (secondary N) is 1. The molecule has 1 amide bonds. The molecule has 0 radical (unpaired) electrons. The van der Waals surface area contributed by atoms with E-state index in [1.807, 2.05) is 31.3 Å². The molecule has 23 heavy (non-hydrogen) atoms. The third-order valence-electron chi connectivity index (χ3n) is 4.15. The minimum absolute atomic E-state index is 0.0241. The molecule has 0 spiro atoms. The van der Waals surface area contributed by atoms with Crippen molar-refractivity contribution in [2.45, 2.75) is 39.2 Å². The van der Waals surface area contributed by atoms with Gasteiger partial charge in [0.15, 0.2) is 0 Å². The maximum absolute atomic E-state index is 12.4. The molecule has 1 saturated heterocycles. The average Bonchev–Trinajstić information content (AvgIpc) is 2.97. The van der Waals surface area contributed by atoms with Crippen LogP contribution in [0, 0.1) is 6.92 Å². The number of carbonyl (C=O) groups is 1. The van der Waals surface area contributed by atoms with Crippen LogP contribution in [0.2, 0.25) is 0 Å². The molecule has 6 heteroatoms. The van der Waals surface area contributed by atoms with Gasteiger partial charge in [0.1, 0.15) is 10.7 Å². The van der Waals surface area contributed by atoms with Crippen molar-refractivity contribution < 1.29 is 4.79 Å². The van der Waals surface area contributed by atoms with Gasteiger partial charge in [-0.2, -0.15) is 0 Å². The first-order valence-corrected chi connectivity index (χ1v) is 8.92. The summed E-state index contributed by atoms with van der Waals surface area (Å²) < 4.78 is 0. The fourth-order valence-corrected chi connectivity index (χ4v) is 3.77. The Kier molecular flexibility index (Phi) is 4.91. The van der Waals surface area contributed by atoms with Crippen molar-refractivity contribution in [1.82, 2.24) is 15.3 Å². The van der Waals surface area contributed by atoms with Gasteiger partial charge in [0, 0.05) is 25.3 Å². The summed E-state index contributed by atoms with van der Waals surface area (Å²) in [6, 6.07) is 6.20. The fraction of sp³-hybridized carbons (Fsp3) is 0.471. The number of thiazole rings is 1. The molecule has 122 valence electrons. The van der Waals surface area contributed by atoms with Crippen molar-refractivity contribution >= 4 is 23.1 Å².